The second kappa shape index (κ2) is 5.93. The number of rotatable bonds is 3. The van der Waals surface area contributed by atoms with Gasteiger partial charge < -0.3 is 5.32 Å². The maximum absolute atomic E-state index is 5.94. The molecule has 2 rings (SSSR count). The molecule has 3 heteroatoms. The number of benzene rings is 2. The van der Waals surface area contributed by atoms with Gasteiger partial charge in [0, 0.05) is 20.8 Å². The number of hydrogen-bond donors (Lipinski definition) is 1. The third kappa shape index (κ3) is 3.39. The molecule has 0 aromatic heterocycles. The normalized spacial score (nSPS) is 10.4. The van der Waals surface area contributed by atoms with Crippen molar-refractivity contribution in [2.45, 2.75) is 20.4 Å². The highest BCUT2D eigenvalue weighted by atomic mass is 127. The second-order valence-electron chi connectivity index (χ2n) is 4.41. The van der Waals surface area contributed by atoms with Gasteiger partial charge in [0.1, 0.15) is 0 Å². The van der Waals surface area contributed by atoms with Crippen LogP contribution in [0.3, 0.4) is 0 Å². The summed E-state index contributed by atoms with van der Waals surface area (Å²) < 4.78 is 1.14. The van der Waals surface area contributed by atoms with E-state index in [2.05, 4.69) is 60.0 Å². The summed E-state index contributed by atoms with van der Waals surface area (Å²) in [6.45, 7) is 5.10. The van der Waals surface area contributed by atoms with Crippen molar-refractivity contribution in [3.05, 3.63) is 61.7 Å². The van der Waals surface area contributed by atoms with E-state index >= 15 is 0 Å². The van der Waals surface area contributed by atoms with Gasteiger partial charge in [0.05, 0.1) is 0 Å². The van der Waals surface area contributed by atoms with E-state index in [0.29, 0.717) is 0 Å². The highest BCUT2D eigenvalue weighted by Gasteiger charge is 2.02. The van der Waals surface area contributed by atoms with Gasteiger partial charge in [0.25, 0.3) is 0 Å². The Bertz CT molecular complexity index is 515. The summed E-state index contributed by atoms with van der Waals surface area (Å²) in [4.78, 5) is 0. The van der Waals surface area contributed by atoms with Crippen LogP contribution in [0.15, 0.2) is 36.4 Å². The molecule has 0 radical (unpaired) electrons. The van der Waals surface area contributed by atoms with Crippen LogP contribution in [0, 0.1) is 17.4 Å². The summed E-state index contributed by atoms with van der Waals surface area (Å²) in [5, 5.41) is 4.23. The smallest absolute Gasteiger partial charge is 0.0479 e. The zero-order chi connectivity index (χ0) is 13.1. The molecule has 0 unspecified atom stereocenters. The quantitative estimate of drug-likeness (QED) is 0.734. The predicted octanol–water partition coefficient (Wildman–Crippen LogP) is 5.17. The summed E-state index contributed by atoms with van der Waals surface area (Å²) in [7, 11) is 0. The maximum Gasteiger partial charge on any atom is 0.0479 e. The number of aryl methyl sites for hydroxylation is 2. The molecule has 18 heavy (non-hydrogen) atoms. The van der Waals surface area contributed by atoms with Crippen molar-refractivity contribution in [2.75, 3.05) is 5.32 Å². The van der Waals surface area contributed by atoms with Crippen LogP contribution >= 0.6 is 34.2 Å². The van der Waals surface area contributed by atoms with Gasteiger partial charge in [-0.1, -0.05) is 35.4 Å². The zero-order valence-electron chi connectivity index (χ0n) is 10.4. The summed E-state index contributed by atoms with van der Waals surface area (Å²) in [6, 6.07) is 12.4. The molecule has 1 N–H and O–H groups in total. The topological polar surface area (TPSA) is 12.0 Å². The fourth-order valence-electron chi connectivity index (χ4n) is 1.87. The van der Waals surface area contributed by atoms with E-state index in [1.807, 2.05) is 18.2 Å². The van der Waals surface area contributed by atoms with Crippen LogP contribution in [-0.2, 0) is 6.54 Å². The third-order valence-corrected chi connectivity index (χ3v) is 4.03. The molecule has 0 bridgehead atoms. The first-order valence-electron chi connectivity index (χ1n) is 5.81. The van der Waals surface area contributed by atoms with Crippen LogP contribution < -0.4 is 5.32 Å². The lowest BCUT2D eigenvalue weighted by molar-refractivity contribution is 1.11. The highest BCUT2D eigenvalue weighted by molar-refractivity contribution is 14.1. The molecule has 1 nitrogen and oxygen atoms in total. The minimum absolute atomic E-state index is 0.775. The van der Waals surface area contributed by atoms with Crippen LogP contribution in [0.2, 0.25) is 5.02 Å². The minimum atomic E-state index is 0.775. The van der Waals surface area contributed by atoms with E-state index in [1.165, 1.54) is 16.7 Å². The van der Waals surface area contributed by atoms with Crippen molar-refractivity contribution < 1.29 is 0 Å². The maximum atomic E-state index is 5.94. The van der Waals surface area contributed by atoms with Gasteiger partial charge in [-0.3, -0.25) is 0 Å². The standard InChI is InChI=1S/C15H15ClIN/c1-10-3-4-12(11(2)7-10)9-18-15-6-5-13(16)8-14(15)17/h3-8,18H,9H2,1-2H3. The lowest BCUT2D eigenvalue weighted by atomic mass is 10.1. The molecular formula is C15H15ClIN. The minimum Gasteiger partial charge on any atom is -0.380 e. The summed E-state index contributed by atoms with van der Waals surface area (Å²) in [5.41, 5.74) is 5.08. The first-order valence-corrected chi connectivity index (χ1v) is 7.27. The Kier molecular flexibility index (Phi) is 4.51. The molecular weight excluding hydrogens is 357 g/mol. The first-order chi connectivity index (χ1) is 8.56. The summed E-state index contributed by atoms with van der Waals surface area (Å²) in [6.07, 6.45) is 0. The molecule has 0 amide bonds. The van der Waals surface area contributed by atoms with E-state index in [1.54, 1.807) is 0 Å². The van der Waals surface area contributed by atoms with Gasteiger partial charge in [0.2, 0.25) is 0 Å². The van der Waals surface area contributed by atoms with Crippen molar-refractivity contribution in [1.82, 2.24) is 0 Å². The van der Waals surface area contributed by atoms with E-state index in [-0.39, 0.29) is 0 Å². The van der Waals surface area contributed by atoms with E-state index < -0.39 is 0 Å². The first kappa shape index (κ1) is 13.7. The molecule has 2 aromatic rings. The van der Waals surface area contributed by atoms with Gasteiger partial charge in [-0.05, 0) is 65.8 Å². The lowest BCUT2D eigenvalue weighted by Gasteiger charge is -2.11. The molecule has 0 atom stereocenters. The lowest BCUT2D eigenvalue weighted by Crippen LogP contribution is -2.02. The predicted molar refractivity (Wildman–Crippen MR) is 87.4 cm³/mol. The van der Waals surface area contributed by atoms with Gasteiger partial charge in [-0.15, -0.1) is 0 Å². The average Bonchev–Trinajstić information content (AvgIpc) is 2.30. The van der Waals surface area contributed by atoms with Crippen molar-refractivity contribution >= 4 is 39.9 Å². The number of anilines is 1. The molecule has 2 aromatic carbocycles. The zero-order valence-corrected chi connectivity index (χ0v) is 13.3. The van der Waals surface area contributed by atoms with E-state index in [0.717, 1.165) is 20.8 Å². The second-order valence-corrected chi connectivity index (χ2v) is 6.01. The van der Waals surface area contributed by atoms with Gasteiger partial charge in [-0.2, -0.15) is 0 Å². The van der Waals surface area contributed by atoms with Crippen LogP contribution in [0.5, 0.6) is 0 Å². The molecule has 0 aliphatic rings. The van der Waals surface area contributed by atoms with Gasteiger partial charge in [0.15, 0.2) is 0 Å². The molecule has 0 aliphatic carbocycles. The summed E-state index contributed by atoms with van der Waals surface area (Å²) in [5.74, 6) is 0. The number of hydrogen-bond acceptors (Lipinski definition) is 1. The van der Waals surface area contributed by atoms with Crippen molar-refractivity contribution in [3.63, 3.8) is 0 Å². The molecule has 94 valence electrons. The number of halogens is 2. The fourth-order valence-corrected chi connectivity index (χ4v) is 2.93. The Balaban J connectivity index is 2.11. The molecule has 0 spiro atoms. The Morgan fingerprint density at radius 1 is 1.11 bits per heavy atom. The highest BCUT2D eigenvalue weighted by Crippen LogP contribution is 2.23. The van der Waals surface area contributed by atoms with Crippen LogP contribution in [-0.4, -0.2) is 0 Å². The van der Waals surface area contributed by atoms with E-state index in [9.17, 15) is 0 Å². The number of nitrogens with one attached hydrogen (secondary N) is 1. The molecule has 0 saturated carbocycles. The largest absolute Gasteiger partial charge is 0.380 e. The van der Waals surface area contributed by atoms with Crippen molar-refractivity contribution in [3.8, 4) is 0 Å². The molecule has 0 fully saturated rings. The molecule has 0 aliphatic heterocycles. The van der Waals surface area contributed by atoms with Crippen molar-refractivity contribution in [2.24, 2.45) is 0 Å². The van der Waals surface area contributed by atoms with Crippen LogP contribution in [0.1, 0.15) is 16.7 Å². The van der Waals surface area contributed by atoms with Crippen molar-refractivity contribution in [1.29, 1.82) is 0 Å². The van der Waals surface area contributed by atoms with Crippen LogP contribution in [0.25, 0.3) is 0 Å². The average molecular weight is 372 g/mol. The fraction of sp³-hybridized carbons (Fsp3) is 0.200. The summed E-state index contributed by atoms with van der Waals surface area (Å²) >= 11 is 8.24. The Morgan fingerprint density at radius 2 is 1.89 bits per heavy atom. The van der Waals surface area contributed by atoms with E-state index in [4.69, 9.17) is 11.6 Å². The van der Waals surface area contributed by atoms with Crippen LogP contribution in [0.4, 0.5) is 5.69 Å². The SMILES string of the molecule is Cc1ccc(CNc2ccc(Cl)cc2I)c(C)c1. The Labute approximate surface area is 127 Å². The third-order valence-electron chi connectivity index (χ3n) is 2.90. The molecule has 0 heterocycles. The monoisotopic (exact) mass is 371 g/mol. The Morgan fingerprint density at radius 3 is 2.56 bits per heavy atom. The Hall–Kier alpha value is -0.740. The molecule has 0 saturated heterocycles. The van der Waals surface area contributed by atoms with Gasteiger partial charge in [-0.25, -0.2) is 0 Å². The van der Waals surface area contributed by atoms with Gasteiger partial charge >= 0.3 is 0 Å².